The van der Waals surface area contributed by atoms with Crippen molar-refractivity contribution in [2.75, 3.05) is 0 Å². The van der Waals surface area contributed by atoms with Crippen molar-refractivity contribution in [2.24, 2.45) is 0 Å². The van der Waals surface area contributed by atoms with Gasteiger partial charge in [-0.25, -0.2) is 0 Å². The van der Waals surface area contributed by atoms with Gasteiger partial charge in [-0.15, -0.1) is 11.3 Å². The van der Waals surface area contributed by atoms with Crippen molar-refractivity contribution in [3.8, 4) is 0 Å². The fourth-order valence-electron chi connectivity index (χ4n) is 1.46. The Morgan fingerprint density at radius 3 is 2.92 bits per heavy atom. The van der Waals surface area contributed by atoms with Gasteiger partial charge in [0.2, 0.25) is 0 Å². The lowest BCUT2D eigenvalue weighted by Gasteiger charge is -2.01. The summed E-state index contributed by atoms with van der Waals surface area (Å²) in [6.07, 6.45) is 0. The van der Waals surface area contributed by atoms with E-state index in [0.717, 1.165) is 5.33 Å². The van der Waals surface area contributed by atoms with Gasteiger partial charge in [0.05, 0.1) is 0 Å². The van der Waals surface area contributed by atoms with Crippen LogP contribution in [0.3, 0.4) is 0 Å². The summed E-state index contributed by atoms with van der Waals surface area (Å²) >= 11 is 7.77. The van der Waals surface area contributed by atoms with Crippen molar-refractivity contribution in [3.63, 3.8) is 0 Å². The molecule has 0 atom stereocenters. The molecule has 0 saturated heterocycles. The maximum Gasteiger partial charge on any atom is 0.0482 e. The minimum Gasteiger partial charge on any atom is -0.142 e. The van der Waals surface area contributed by atoms with Crippen LogP contribution in [0.4, 0.5) is 0 Å². The second-order valence-electron chi connectivity index (χ2n) is 2.96. The lowest BCUT2D eigenvalue weighted by atomic mass is 10.1. The molecule has 2 aromatic rings. The van der Waals surface area contributed by atoms with E-state index in [-0.39, 0.29) is 0 Å². The van der Waals surface area contributed by atoms with E-state index in [2.05, 4.69) is 63.0 Å². The molecular weight excluding hydrogens is 359 g/mol. The van der Waals surface area contributed by atoms with Gasteiger partial charge in [-0.1, -0.05) is 22.0 Å². The second kappa shape index (κ2) is 3.87. The minimum absolute atomic E-state index is 0.942. The quantitative estimate of drug-likeness (QED) is 0.506. The van der Waals surface area contributed by atoms with Gasteiger partial charge in [0.25, 0.3) is 0 Å². The highest BCUT2D eigenvalue weighted by Crippen LogP contribution is 2.33. The first-order chi connectivity index (χ1) is 6.24. The Morgan fingerprint density at radius 2 is 2.23 bits per heavy atom. The number of halogens is 2. The summed E-state index contributed by atoms with van der Waals surface area (Å²) in [4.78, 5) is 0. The molecule has 0 radical (unpaired) electrons. The molecule has 0 N–H and O–H groups in total. The molecule has 0 bridgehead atoms. The van der Waals surface area contributed by atoms with Crippen LogP contribution >= 0.6 is 49.9 Å². The summed E-state index contributed by atoms with van der Waals surface area (Å²) < 4.78 is 2.78. The first-order valence-electron chi connectivity index (χ1n) is 3.95. The first kappa shape index (κ1) is 9.93. The van der Waals surface area contributed by atoms with Crippen LogP contribution in [0.2, 0.25) is 0 Å². The zero-order chi connectivity index (χ0) is 9.42. The number of benzene rings is 1. The molecule has 0 aliphatic rings. The Bertz CT molecular complexity index is 447. The molecule has 68 valence electrons. The fraction of sp³-hybridized carbons (Fsp3) is 0.200. The molecule has 0 unspecified atom stereocenters. The third-order valence-electron chi connectivity index (χ3n) is 2.09. The maximum atomic E-state index is 3.52. The summed E-state index contributed by atoms with van der Waals surface area (Å²) in [5.41, 5.74) is 2.79. The molecule has 3 heteroatoms. The van der Waals surface area contributed by atoms with Gasteiger partial charge in [0, 0.05) is 19.0 Å². The van der Waals surface area contributed by atoms with Crippen molar-refractivity contribution in [2.45, 2.75) is 12.3 Å². The van der Waals surface area contributed by atoms with Gasteiger partial charge in [0.15, 0.2) is 0 Å². The number of aryl methyl sites for hydroxylation is 1. The molecular formula is C10H8BrIS. The van der Waals surface area contributed by atoms with Crippen LogP contribution in [-0.2, 0) is 5.33 Å². The van der Waals surface area contributed by atoms with Crippen molar-refractivity contribution >= 4 is 59.9 Å². The topological polar surface area (TPSA) is 0 Å². The molecule has 0 amide bonds. The standard InChI is InChI=1S/C10H8BrIS/c1-6-5-13-10-8(12)3-2-7(4-11)9(6)10/h2-3,5H,4H2,1H3. The highest BCUT2D eigenvalue weighted by Gasteiger charge is 2.07. The number of fused-ring (bicyclic) bond motifs is 1. The van der Waals surface area contributed by atoms with Crippen molar-refractivity contribution < 1.29 is 0 Å². The Morgan fingerprint density at radius 1 is 1.46 bits per heavy atom. The number of alkyl halides is 1. The Hall–Kier alpha value is 0.390. The Balaban J connectivity index is 2.88. The van der Waals surface area contributed by atoms with Crippen molar-refractivity contribution in [1.82, 2.24) is 0 Å². The fourth-order valence-corrected chi connectivity index (χ4v) is 3.76. The van der Waals surface area contributed by atoms with Gasteiger partial charge in [0.1, 0.15) is 0 Å². The van der Waals surface area contributed by atoms with Crippen LogP contribution in [0.1, 0.15) is 11.1 Å². The van der Waals surface area contributed by atoms with Crippen molar-refractivity contribution in [3.05, 3.63) is 32.2 Å². The van der Waals surface area contributed by atoms with Crippen LogP contribution in [0.15, 0.2) is 17.5 Å². The number of hydrogen-bond donors (Lipinski definition) is 0. The second-order valence-corrected chi connectivity index (χ2v) is 5.57. The number of hydrogen-bond acceptors (Lipinski definition) is 1. The molecule has 0 saturated carbocycles. The van der Waals surface area contributed by atoms with Crippen LogP contribution in [0.25, 0.3) is 10.1 Å². The van der Waals surface area contributed by atoms with E-state index in [1.165, 1.54) is 24.8 Å². The zero-order valence-corrected chi connectivity index (χ0v) is 11.7. The summed E-state index contributed by atoms with van der Waals surface area (Å²) in [7, 11) is 0. The van der Waals surface area contributed by atoms with Crippen LogP contribution < -0.4 is 0 Å². The third kappa shape index (κ3) is 1.66. The third-order valence-corrected chi connectivity index (χ3v) is 5.09. The molecule has 0 fully saturated rings. The van der Waals surface area contributed by atoms with Gasteiger partial charge in [-0.05, 0) is 52.1 Å². The molecule has 2 rings (SSSR count). The Kier molecular flexibility index (Phi) is 2.95. The summed E-state index contributed by atoms with van der Waals surface area (Å²) in [6, 6.07) is 4.40. The first-order valence-corrected chi connectivity index (χ1v) is 7.03. The van der Waals surface area contributed by atoms with Gasteiger partial charge >= 0.3 is 0 Å². The number of thiophene rings is 1. The van der Waals surface area contributed by atoms with Gasteiger partial charge in [-0.3, -0.25) is 0 Å². The van der Waals surface area contributed by atoms with Gasteiger partial charge < -0.3 is 0 Å². The van der Waals surface area contributed by atoms with E-state index in [1.807, 2.05) is 11.3 Å². The molecule has 13 heavy (non-hydrogen) atoms. The average Bonchev–Trinajstić information content (AvgIpc) is 2.51. The highest BCUT2D eigenvalue weighted by atomic mass is 127. The molecule has 0 nitrogen and oxygen atoms in total. The SMILES string of the molecule is Cc1csc2c(I)ccc(CBr)c12. The predicted molar refractivity (Wildman–Crippen MR) is 71.9 cm³/mol. The lowest BCUT2D eigenvalue weighted by molar-refractivity contribution is 1.46. The maximum absolute atomic E-state index is 3.52. The smallest absolute Gasteiger partial charge is 0.0482 e. The van der Waals surface area contributed by atoms with E-state index in [1.54, 1.807) is 0 Å². The molecule has 0 spiro atoms. The molecule has 1 aromatic carbocycles. The van der Waals surface area contributed by atoms with Crippen LogP contribution in [0, 0.1) is 10.5 Å². The Labute approximate surface area is 104 Å². The minimum atomic E-state index is 0.942. The van der Waals surface area contributed by atoms with Crippen molar-refractivity contribution in [1.29, 1.82) is 0 Å². The van der Waals surface area contributed by atoms with E-state index in [9.17, 15) is 0 Å². The van der Waals surface area contributed by atoms with E-state index in [0.29, 0.717) is 0 Å². The number of rotatable bonds is 1. The van der Waals surface area contributed by atoms with E-state index >= 15 is 0 Å². The van der Waals surface area contributed by atoms with Crippen LogP contribution in [-0.4, -0.2) is 0 Å². The summed E-state index contributed by atoms with van der Waals surface area (Å²) in [5, 5.41) is 4.62. The van der Waals surface area contributed by atoms with Gasteiger partial charge in [-0.2, -0.15) is 0 Å². The zero-order valence-electron chi connectivity index (χ0n) is 7.10. The summed E-state index contributed by atoms with van der Waals surface area (Å²) in [6.45, 7) is 2.18. The molecule has 1 aromatic heterocycles. The highest BCUT2D eigenvalue weighted by molar-refractivity contribution is 14.1. The van der Waals surface area contributed by atoms with Crippen LogP contribution in [0.5, 0.6) is 0 Å². The van der Waals surface area contributed by atoms with E-state index < -0.39 is 0 Å². The monoisotopic (exact) mass is 366 g/mol. The summed E-state index contributed by atoms with van der Waals surface area (Å²) in [5.74, 6) is 0. The molecule has 0 aliphatic heterocycles. The lowest BCUT2D eigenvalue weighted by Crippen LogP contribution is -1.82. The normalized spacial score (nSPS) is 11.0. The average molecular weight is 367 g/mol. The van der Waals surface area contributed by atoms with E-state index in [4.69, 9.17) is 0 Å². The molecule has 1 heterocycles. The largest absolute Gasteiger partial charge is 0.142 e. The molecule has 0 aliphatic carbocycles. The predicted octanol–water partition coefficient (Wildman–Crippen LogP) is 4.71.